The van der Waals surface area contributed by atoms with E-state index in [4.69, 9.17) is 28.3 Å². The zero-order chi connectivity index (χ0) is 13.3. The van der Waals surface area contributed by atoms with E-state index in [0.29, 0.717) is 12.2 Å². The SMILES string of the molecule is O=[N+]([O-])c1cc(Cl)c(Cl)cc1N(CCO)C1CC1. The zero-order valence-corrected chi connectivity index (χ0v) is 11.0. The molecule has 0 aromatic heterocycles. The van der Waals surface area contributed by atoms with Crippen molar-refractivity contribution in [3.8, 4) is 0 Å². The molecule has 18 heavy (non-hydrogen) atoms. The molecular formula is C11H12Cl2N2O3. The molecule has 1 aromatic rings. The average molecular weight is 291 g/mol. The topological polar surface area (TPSA) is 66.6 Å². The third-order valence-corrected chi connectivity index (χ3v) is 3.57. The minimum Gasteiger partial charge on any atom is -0.395 e. The molecule has 1 fully saturated rings. The lowest BCUT2D eigenvalue weighted by Crippen LogP contribution is -2.29. The first-order valence-corrected chi connectivity index (χ1v) is 6.31. The fourth-order valence-corrected chi connectivity index (χ4v) is 2.21. The fourth-order valence-electron chi connectivity index (χ4n) is 1.90. The first-order valence-electron chi connectivity index (χ1n) is 5.55. The molecule has 98 valence electrons. The highest BCUT2D eigenvalue weighted by Crippen LogP contribution is 2.40. The van der Waals surface area contributed by atoms with Crippen molar-refractivity contribution in [1.29, 1.82) is 0 Å². The lowest BCUT2D eigenvalue weighted by Gasteiger charge is -2.23. The summed E-state index contributed by atoms with van der Waals surface area (Å²) in [6.45, 7) is 0.289. The van der Waals surface area contributed by atoms with Gasteiger partial charge in [0, 0.05) is 18.7 Å². The molecule has 2 rings (SSSR count). The Balaban J connectivity index is 2.45. The van der Waals surface area contributed by atoms with Crippen LogP contribution < -0.4 is 4.90 Å². The number of hydrogen-bond acceptors (Lipinski definition) is 4. The Morgan fingerprint density at radius 2 is 2.00 bits per heavy atom. The lowest BCUT2D eigenvalue weighted by molar-refractivity contribution is -0.384. The maximum Gasteiger partial charge on any atom is 0.294 e. The molecule has 5 nitrogen and oxygen atoms in total. The van der Waals surface area contributed by atoms with Crippen LogP contribution in [0, 0.1) is 10.1 Å². The number of aliphatic hydroxyl groups excluding tert-OH is 1. The summed E-state index contributed by atoms with van der Waals surface area (Å²) in [5.74, 6) is 0. The molecule has 0 bridgehead atoms. The zero-order valence-electron chi connectivity index (χ0n) is 9.47. The molecule has 0 atom stereocenters. The fraction of sp³-hybridized carbons (Fsp3) is 0.455. The van der Waals surface area contributed by atoms with E-state index in [1.54, 1.807) is 0 Å². The highest BCUT2D eigenvalue weighted by Gasteiger charge is 2.33. The van der Waals surface area contributed by atoms with E-state index in [1.165, 1.54) is 12.1 Å². The van der Waals surface area contributed by atoms with Crippen molar-refractivity contribution in [1.82, 2.24) is 0 Å². The normalized spacial score (nSPS) is 14.6. The molecule has 1 aliphatic carbocycles. The molecule has 1 aliphatic rings. The monoisotopic (exact) mass is 290 g/mol. The van der Waals surface area contributed by atoms with Gasteiger partial charge in [0.05, 0.1) is 21.6 Å². The molecule has 1 saturated carbocycles. The third kappa shape index (κ3) is 2.68. The largest absolute Gasteiger partial charge is 0.395 e. The first kappa shape index (κ1) is 13.4. The highest BCUT2D eigenvalue weighted by atomic mass is 35.5. The Labute approximate surface area is 114 Å². The maximum atomic E-state index is 11.1. The van der Waals surface area contributed by atoms with Gasteiger partial charge in [-0.25, -0.2) is 0 Å². The van der Waals surface area contributed by atoms with Crippen LogP contribution in [0.1, 0.15) is 12.8 Å². The number of rotatable bonds is 5. The van der Waals surface area contributed by atoms with Gasteiger partial charge in [-0.05, 0) is 18.9 Å². The van der Waals surface area contributed by atoms with Gasteiger partial charge in [0.25, 0.3) is 5.69 Å². The minimum atomic E-state index is -0.482. The van der Waals surface area contributed by atoms with Gasteiger partial charge in [-0.1, -0.05) is 23.2 Å². The standard InChI is InChI=1S/C11H12Cl2N2O3/c12-8-5-10(11(15(17)18)6-9(8)13)14(3-4-16)7-1-2-7/h5-7,16H,1-4H2. The maximum absolute atomic E-state index is 11.1. The van der Waals surface area contributed by atoms with Gasteiger partial charge >= 0.3 is 0 Å². The van der Waals surface area contributed by atoms with E-state index >= 15 is 0 Å². The second-order valence-electron chi connectivity index (χ2n) is 4.16. The van der Waals surface area contributed by atoms with Crippen LogP contribution in [0.5, 0.6) is 0 Å². The molecule has 0 radical (unpaired) electrons. The van der Waals surface area contributed by atoms with Gasteiger partial charge in [0.1, 0.15) is 5.69 Å². The van der Waals surface area contributed by atoms with Crippen molar-refractivity contribution < 1.29 is 10.0 Å². The minimum absolute atomic E-state index is 0.0616. The summed E-state index contributed by atoms with van der Waals surface area (Å²) in [6.07, 6.45) is 1.94. The van der Waals surface area contributed by atoms with Crippen LogP contribution in [0.2, 0.25) is 10.0 Å². The van der Waals surface area contributed by atoms with E-state index in [2.05, 4.69) is 0 Å². The molecule has 0 spiro atoms. The summed E-state index contributed by atoms with van der Waals surface area (Å²) in [6, 6.07) is 3.00. The lowest BCUT2D eigenvalue weighted by atomic mass is 10.2. The number of anilines is 1. The molecule has 0 unspecified atom stereocenters. The molecule has 1 N–H and O–H groups in total. The Morgan fingerprint density at radius 3 is 2.50 bits per heavy atom. The molecular weight excluding hydrogens is 279 g/mol. The van der Waals surface area contributed by atoms with Gasteiger partial charge in [-0.3, -0.25) is 10.1 Å². The van der Waals surface area contributed by atoms with E-state index in [1.807, 2.05) is 4.90 Å². The summed E-state index contributed by atoms with van der Waals surface area (Å²) in [4.78, 5) is 12.4. The summed E-state index contributed by atoms with van der Waals surface area (Å²) in [5, 5.41) is 20.5. The van der Waals surface area contributed by atoms with Crippen molar-refractivity contribution >= 4 is 34.6 Å². The summed E-state index contributed by atoms with van der Waals surface area (Å²) >= 11 is 11.7. The van der Waals surface area contributed by atoms with Gasteiger partial charge < -0.3 is 10.0 Å². The van der Waals surface area contributed by atoms with Crippen molar-refractivity contribution in [3.63, 3.8) is 0 Å². The quantitative estimate of drug-likeness (QED) is 0.669. The van der Waals surface area contributed by atoms with Gasteiger partial charge in [0.15, 0.2) is 0 Å². The Morgan fingerprint density at radius 1 is 1.39 bits per heavy atom. The molecule has 0 aliphatic heterocycles. The number of benzene rings is 1. The molecule has 0 saturated heterocycles. The Kier molecular flexibility index (Phi) is 3.94. The van der Waals surface area contributed by atoms with Crippen molar-refractivity contribution in [2.45, 2.75) is 18.9 Å². The van der Waals surface area contributed by atoms with Crippen LogP contribution in [0.4, 0.5) is 11.4 Å². The third-order valence-electron chi connectivity index (χ3n) is 2.85. The number of nitro benzene ring substituents is 1. The van der Waals surface area contributed by atoms with E-state index < -0.39 is 4.92 Å². The predicted molar refractivity (Wildman–Crippen MR) is 70.6 cm³/mol. The predicted octanol–water partition coefficient (Wildman–Crippen LogP) is 2.86. The average Bonchev–Trinajstić information content (AvgIpc) is 3.13. The van der Waals surface area contributed by atoms with Crippen molar-refractivity contribution in [3.05, 3.63) is 32.3 Å². The smallest absolute Gasteiger partial charge is 0.294 e. The number of halogens is 2. The van der Waals surface area contributed by atoms with Crippen molar-refractivity contribution in [2.75, 3.05) is 18.1 Å². The number of nitro groups is 1. The van der Waals surface area contributed by atoms with Crippen LogP contribution in [0.25, 0.3) is 0 Å². The van der Waals surface area contributed by atoms with Crippen LogP contribution in [0.15, 0.2) is 12.1 Å². The van der Waals surface area contributed by atoms with Crippen LogP contribution in [0.3, 0.4) is 0 Å². The molecule has 7 heteroatoms. The van der Waals surface area contributed by atoms with E-state index in [9.17, 15) is 10.1 Å². The molecule has 0 heterocycles. The van der Waals surface area contributed by atoms with Gasteiger partial charge in [-0.2, -0.15) is 0 Å². The van der Waals surface area contributed by atoms with Gasteiger partial charge in [-0.15, -0.1) is 0 Å². The highest BCUT2D eigenvalue weighted by molar-refractivity contribution is 6.42. The van der Waals surface area contributed by atoms with Crippen LogP contribution in [-0.4, -0.2) is 29.2 Å². The Bertz CT molecular complexity index is 478. The van der Waals surface area contributed by atoms with Crippen LogP contribution in [-0.2, 0) is 0 Å². The molecule has 1 aromatic carbocycles. The summed E-state index contributed by atoms with van der Waals surface area (Å²) in [5.41, 5.74) is 0.343. The van der Waals surface area contributed by atoms with Gasteiger partial charge in [0.2, 0.25) is 0 Å². The number of hydrogen-bond donors (Lipinski definition) is 1. The van der Waals surface area contributed by atoms with Crippen LogP contribution >= 0.6 is 23.2 Å². The van der Waals surface area contributed by atoms with E-state index in [-0.39, 0.29) is 28.4 Å². The summed E-state index contributed by atoms with van der Waals surface area (Å²) in [7, 11) is 0. The number of aliphatic hydroxyl groups is 1. The molecule has 0 amide bonds. The first-order chi connectivity index (χ1) is 8.54. The number of nitrogens with zero attached hydrogens (tertiary/aromatic N) is 2. The second-order valence-corrected chi connectivity index (χ2v) is 4.97. The Hall–Kier alpha value is -1.04. The van der Waals surface area contributed by atoms with Crippen molar-refractivity contribution in [2.24, 2.45) is 0 Å². The second kappa shape index (κ2) is 5.30. The van der Waals surface area contributed by atoms with E-state index in [0.717, 1.165) is 12.8 Å². The summed E-state index contributed by atoms with van der Waals surface area (Å²) < 4.78 is 0.